The number of rotatable bonds is 4. The molecule has 19 heavy (non-hydrogen) atoms. The van der Waals surface area contributed by atoms with Crippen LogP contribution >= 0.6 is 0 Å². The van der Waals surface area contributed by atoms with Crippen molar-refractivity contribution in [1.82, 2.24) is 10.2 Å². The largest absolute Gasteiger partial charge is 0.381 e. The zero-order valence-electron chi connectivity index (χ0n) is 13.1. The number of carbonyl (C=O) groups is 1. The van der Waals surface area contributed by atoms with Crippen molar-refractivity contribution in [2.24, 2.45) is 5.41 Å². The molecule has 0 aromatic carbocycles. The van der Waals surface area contributed by atoms with Crippen LogP contribution in [-0.2, 0) is 9.53 Å². The first-order valence-electron chi connectivity index (χ1n) is 7.45. The molecular weight excluding hydrogens is 240 g/mol. The van der Waals surface area contributed by atoms with E-state index in [0.29, 0.717) is 0 Å². The number of carbonyl (C=O) groups excluding carboxylic acids is 1. The quantitative estimate of drug-likeness (QED) is 0.849. The Morgan fingerprint density at radius 3 is 2.42 bits per heavy atom. The van der Waals surface area contributed by atoms with E-state index in [4.69, 9.17) is 4.74 Å². The first-order valence-corrected chi connectivity index (χ1v) is 7.45. The Labute approximate surface area is 116 Å². The average molecular weight is 268 g/mol. The lowest BCUT2D eigenvalue weighted by atomic mass is 9.63. The number of methoxy groups -OCH3 is 1. The van der Waals surface area contributed by atoms with Gasteiger partial charge in [0.1, 0.15) is 0 Å². The Kier molecular flexibility index (Phi) is 3.69. The van der Waals surface area contributed by atoms with E-state index in [1.165, 1.54) is 0 Å². The normalized spacial score (nSPS) is 41.5. The highest BCUT2D eigenvalue weighted by Gasteiger charge is 2.58. The summed E-state index contributed by atoms with van der Waals surface area (Å²) >= 11 is 0. The second kappa shape index (κ2) is 4.74. The Balaban J connectivity index is 2.22. The van der Waals surface area contributed by atoms with E-state index in [9.17, 15) is 4.79 Å². The summed E-state index contributed by atoms with van der Waals surface area (Å²) in [6.07, 6.45) is 3.16. The molecule has 0 radical (unpaired) electrons. The third-order valence-electron chi connectivity index (χ3n) is 5.37. The van der Waals surface area contributed by atoms with Crippen molar-refractivity contribution in [1.29, 1.82) is 0 Å². The molecular formula is C15H28N2O2. The summed E-state index contributed by atoms with van der Waals surface area (Å²) in [5, 5.41) is 3.52. The van der Waals surface area contributed by atoms with Crippen molar-refractivity contribution in [3.8, 4) is 0 Å². The third kappa shape index (κ3) is 2.00. The van der Waals surface area contributed by atoms with E-state index < -0.39 is 5.54 Å². The van der Waals surface area contributed by atoms with E-state index in [-0.39, 0.29) is 29.6 Å². The lowest BCUT2D eigenvalue weighted by molar-refractivity contribution is -0.163. The molecule has 2 fully saturated rings. The molecule has 4 atom stereocenters. The Hall–Kier alpha value is -0.610. The second-order valence-electron chi connectivity index (χ2n) is 6.76. The Morgan fingerprint density at radius 2 is 2.00 bits per heavy atom. The van der Waals surface area contributed by atoms with Crippen molar-refractivity contribution in [3.63, 3.8) is 0 Å². The predicted octanol–water partition coefficient (Wildman–Crippen LogP) is 2.14. The van der Waals surface area contributed by atoms with Crippen molar-refractivity contribution < 1.29 is 9.53 Å². The van der Waals surface area contributed by atoms with Gasteiger partial charge in [-0.3, -0.25) is 10.1 Å². The molecule has 1 saturated carbocycles. The summed E-state index contributed by atoms with van der Waals surface area (Å²) in [4.78, 5) is 14.9. The van der Waals surface area contributed by atoms with Gasteiger partial charge in [-0.1, -0.05) is 27.7 Å². The number of nitrogens with zero attached hydrogens (tertiary/aromatic N) is 1. The molecule has 4 heteroatoms. The highest BCUT2D eigenvalue weighted by Crippen LogP contribution is 2.48. The Morgan fingerprint density at radius 1 is 1.37 bits per heavy atom. The standard InChI is InChI=1S/C15H28N2O2/c1-7-12-16-15(5,8-2)13(18)17(12)10-9-11(19-6)14(10,3)4/h10-12,16H,7-9H2,1-6H3. The molecule has 4 nitrogen and oxygen atoms in total. The fourth-order valence-corrected chi connectivity index (χ4v) is 3.57. The molecule has 1 aliphatic heterocycles. The molecule has 0 bridgehead atoms. The lowest BCUT2D eigenvalue weighted by Crippen LogP contribution is -2.64. The van der Waals surface area contributed by atoms with Gasteiger partial charge in [-0.2, -0.15) is 0 Å². The first-order chi connectivity index (χ1) is 8.81. The van der Waals surface area contributed by atoms with Crippen molar-refractivity contribution >= 4 is 5.91 Å². The van der Waals surface area contributed by atoms with E-state index in [1.807, 2.05) is 6.92 Å². The number of hydrogen-bond donors (Lipinski definition) is 1. The summed E-state index contributed by atoms with van der Waals surface area (Å²) in [6.45, 7) is 10.6. The van der Waals surface area contributed by atoms with Crippen molar-refractivity contribution in [3.05, 3.63) is 0 Å². The van der Waals surface area contributed by atoms with Gasteiger partial charge in [0.05, 0.1) is 17.8 Å². The zero-order valence-corrected chi connectivity index (χ0v) is 13.1. The van der Waals surface area contributed by atoms with Gasteiger partial charge in [0.25, 0.3) is 0 Å². The van der Waals surface area contributed by atoms with Crippen LogP contribution in [-0.4, -0.2) is 41.8 Å². The highest BCUT2D eigenvalue weighted by atomic mass is 16.5. The molecule has 1 amide bonds. The lowest BCUT2D eigenvalue weighted by Gasteiger charge is -2.55. The van der Waals surface area contributed by atoms with Crippen LogP contribution in [0.2, 0.25) is 0 Å². The van der Waals surface area contributed by atoms with Crippen LogP contribution in [0.1, 0.15) is 53.9 Å². The molecule has 1 heterocycles. The second-order valence-corrected chi connectivity index (χ2v) is 6.76. The fourth-order valence-electron chi connectivity index (χ4n) is 3.57. The summed E-state index contributed by atoms with van der Waals surface area (Å²) in [6, 6.07) is 0.288. The van der Waals surface area contributed by atoms with Gasteiger partial charge in [-0.25, -0.2) is 0 Å². The highest BCUT2D eigenvalue weighted by molar-refractivity contribution is 5.88. The minimum absolute atomic E-state index is 0.0402. The third-order valence-corrected chi connectivity index (χ3v) is 5.37. The molecule has 1 aliphatic carbocycles. The molecule has 2 aliphatic rings. The molecule has 4 unspecified atom stereocenters. The molecule has 1 saturated heterocycles. The number of ether oxygens (including phenoxy) is 1. The van der Waals surface area contributed by atoms with Gasteiger partial charge in [0.15, 0.2) is 0 Å². The van der Waals surface area contributed by atoms with Gasteiger partial charge < -0.3 is 9.64 Å². The van der Waals surface area contributed by atoms with Crippen LogP contribution in [0, 0.1) is 5.41 Å². The summed E-state index contributed by atoms with van der Waals surface area (Å²) in [5.74, 6) is 0.259. The van der Waals surface area contributed by atoms with Crippen LogP contribution < -0.4 is 5.32 Å². The minimum atomic E-state index is -0.394. The maximum Gasteiger partial charge on any atom is 0.244 e. The summed E-state index contributed by atoms with van der Waals surface area (Å²) in [7, 11) is 1.76. The number of amides is 1. The average Bonchev–Trinajstić information content (AvgIpc) is 2.63. The van der Waals surface area contributed by atoms with Crippen LogP contribution in [0.5, 0.6) is 0 Å². The van der Waals surface area contributed by atoms with Crippen LogP contribution in [0.25, 0.3) is 0 Å². The zero-order chi connectivity index (χ0) is 14.4. The van der Waals surface area contributed by atoms with Gasteiger partial charge in [0.2, 0.25) is 5.91 Å². The monoisotopic (exact) mass is 268 g/mol. The van der Waals surface area contributed by atoms with E-state index in [1.54, 1.807) is 7.11 Å². The van der Waals surface area contributed by atoms with Gasteiger partial charge >= 0.3 is 0 Å². The van der Waals surface area contributed by atoms with Crippen LogP contribution in [0.3, 0.4) is 0 Å². The number of nitrogens with one attached hydrogen (secondary N) is 1. The molecule has 110 valence electrons. The molecule has 1 N–H and O–H groups in total. The van der Waals surface area contributed by atoms with E-state index in [0.717, 1.165) is 19.3 Å². The predicted molar refractivity (Wildman–Crippen MR) is 75.7 cm³/mol. The smallest absolute Gasteiger partial charge is 0.244 e. The van der Waals surface area contributed by atoms with Crippen molar-refractivity contribution in [2.75, 3.05) is 7.11 Å². The van der Waals surface area contributed by atoms with Gasteiger partial charge in [-0.05, 0) is 26.2 Å². The molecule has 0 aromatic rings. The van der Waals surface area contributed by atoms with Crippen molar-refractivity contribution in [2.45, 2.75) is 77.7 Å². The van der Waals surface area contributed by atoms with E-state index in [2.05, 4.69) is 37.9 Å². The topological polar surface area (TPSA) is 41.6 Å². The first kappa shape index (κ1) is 14.8. The molecule has 0 aromatic heterocycles. The number of hydrogen-bond acceptors (Lipinski definition) is 3. The Bertz CT molecular complexity index is 369. The van der Waals surface area contributed by atoms with Gasteiger partial charge in [0, 0.05) is 18.6 Å². The summed E-state index contributed by atoms with van der Waals surface area (Å²) < 4.78 is 5.52. The van der Waals surface area contributed by atoms with Gasteiger partial charge in [-0.15, -0.1) is 0 Å². The molecule has 0 spiro atoms. The summed E-state index contributed by atoms with van der Waals surface area (Å²) in [5.41, 5.74) is -0.354. The van der Waals surface area contributed by atoms with Crippen LogP contribution in [0.15, 0.2) is 0 Å². The SMILES string of the molecule is CCC1NC(C)(CC)C(=O)N1C1CC(OC)C1(C)C. The van der Waals surface area contributed by atoms with E-state index >= 15 is 0 Å². The molecule has 2 rings (SSSR count). The fraction of sp³-hybridized carbons (Fsp3) is 0.933. The maximum atomic E-state index is 12.8. The van der Waals surface area contributed by atoms with Crippen LogP contribution in [0.4, 0.5) is 0 Å². The maximum absolute atomic E-state index is 12.8. The minimum Gasteiger partial charge on any atom is -0.381 e.